The lowest BCUT2D eigenvalue weighted by Crippen LogP contribution is -2.04. The quantitative estimate of drug-likeness (QED) is 0.883. The SMILES string of the molecule is Cc1ccc(S(=O)(=O)c2ccccc2)cc1S(=O)O. The summed E-state index contributed by atoms with van der Waals surface area (Å²) >= 11 is -2.21. The van der Waals surface area contributed by atoms with Crippen molar-refractivity contribution in [2.24, 2.45) is 0 Å². The summed E-state index contributed by atoms with van der Waals surface area (Å²) in [4.78, 5) is 0.284. The van der Waals surface area contributed by atoms with Crippen molar-refractivity contribution in [2.45, 2.75) is 21.6 Å². The van der Waals surface area contributed by atoms with Gasteiger partial charge in [0.25, 0.3) is 0 Å². The Kier molecular flexibility index (Phi) is 3.84. The van der Waals surface area contributed by atoms with E-state index in [2.05, 4.69) is 0 Å². The van der Waals surface area contributed by atoms with Crippen LogP contribution in [0.15, 0.2) is 63.2 Å². The van der Waals surface area contributed by atoms with Crippen LogP contribution in [0.3, 0.4) is 0 Å². The molecule has 0 saturated heterocycles. The molecule has 0 aliphatic carbocycles. The maximum atomic E-state index is 12.3. The van der Waals surface area contributed by atoms with Crippen LogP contribution in [0.4, 0.5) is 0 Å². The molecule has 1 atom stereocenters. The van der Waals surface area contributed by atoms with Crippen molar-refractivity contribution in [3.05, 3.63) is 54.1 Å². The standard InChI is InChI=1S/C13H12O4S2/c1-10-7-8-12(9-13(10)18(14)15)19(16,17)11-5-3-2-4-6-11/h2-9H,1H3,(H,14,15). The molecule has 0 bridgehead atoms. The zero-order chi connectivity index (χ0) is 14.0. The molecule has 0 aromatic heterocycles. The zero-order valence-corrected chi connectivity index (χ0v) is 11.7. The van der Waals surface area contributed by atoms with Crippen molar-refractivity contribution in [3.8, 4) is 0 Å². The molecule has 0 saturated carbocycles. The summed E-state index contributed by atoms with van der Waals surface area (Å²) in [6, 6.07) is 12.2. The molecule has 4 nitrogen and oxygen atoms in total. The normalized spacial score (nSPS) is 13.2. The second-order valence-electron chi connectivity index (χ2n) is 3.99. The van der Waals surface area contributed by atoms with Crippen molar-refractivity contribution in [1.29, 1.82) is 0 Å². The molecular weight excluding hydrogens is 284 g/mol. The Labute approximate surface area is 114 Å². The molecule has 1 N–H and O–H groups in total. The molecule has 1 unspecified atom stereocenters. The van der Waals surface area contributed by atoms with E-state index in [0.29, 0.717) is 5.56 Å². The van der Waals surface area contributed by atoms with Gasteiger partial charge < -0.3 is 4.55 Å². The van der Waals surface area contributed by atoms with Crippen molar-refractivity contribution >= 4 is 20.9 Å². The first kappa shape index (κ1) is 13.9. The second-order valence-corrected chi connectivity index (χ2v) is 6.88. The molecule has 2 aromatic carbocycles. The average Bonchev–Trinajstić information content (AvgIpc) is 2.39. The fourth-order valence-corrected chi connectivity index (χ4v) is 3.63. The average molecular weight is 296 g/mol. The predicted molar refractivity (Wildman–Crippen MR) is 72.1 cm³/mol. The molecule has 0 fully saturated rings. The van der Waals surface area contributed by atoms with E-state index < -0.39 is 20.9 Å². The number of rotatable bonds is 3. The summed E-state index contributed by atoms with van der Waals surface area (Å²) in [5.74, 6) is 0. The highest BCUT2D eigenvalue weighted by atomic mass is 32.2. The lowest BCUT2D eigenvalue weighted by atomic mass is 10.2. The molecule has 0 amide bonds. The maximum absolute atomic E-state index is 12.3. The Morgan fingerprint density at radius 2 is 1.63 bits per heavy atom. The zero-order valence-electron chi connectivity index (χ0n) is 10.1. The lowest BCUT2D eigenvalue weighted by Gasteiger charge is -2.07. The van der Waals surface area contributed by atoms with Crippen LogP contribution in [-0.2, 0) is 20.9 Å². The fourth-order valence-electron chi connectivity index (χ4n) is 1.67. The third kappa shape index (κ3) is 2.75. The van der Waals surface area contributed by atoms with Crippen LogP contribution in [0.25, 0.3) is 0 Å². The van der Waals surface area contributed by atoms with E-state index in [0.717, 1.165) is 0 Å². The van der Waals surface area contributed by atoms with Crippen LogP contribution >= 0.6 is 0 Å². The number of hydrogen-bond acceptors (Lipinski definition) is 3. The fraction of sp³-hybridized carbons (Fsp3) is 0.0769. The van der Waals surface area contributed by atoms with Gasteiger partial charge in [0.2, 0.25) is 9.84 Å². The van der Waals surface area contributed by atoms with Crippen LogP contribution in [0, 0.1) is 6.92 Å². The van der Waals surface area contributed by atoms with Crippen LogP contribution in [0.2, 0.25) is 0 Å². The van der Waals surface area contributed by atoms with E-state index in [9.17, 15) is 12.6 Å². The lowest BCUT2D eigenvalue weighted by molar-refractivity contribution is 0.563. The van der Waals surface area contributed by atoms with E-state index in [1.54, 1.807) is 25.1 Å². The summed E-state index contributed by atoms with van der Waals surface area (Å²) in [5.41, 5.74) is 0.577. The van der Waals surface area contributed by atoms with Gasteiger partial charge in [-0.1, -0.05) is 24.3 Å². The third-order valence-corrected chi connectivity index (χ3v) is 5.29. The van der Waals surface area contributed by atoms with Crippen molar-refractivity contribution in [1.82, 2.24) is 0 Å². The molecule has 100 valence electrons. The molecule has 0 aliphatic heterocycles. The highest BCUT2D eigenvalue weighted by Crippen LogP contribution is 2.24. The van der Waals surface area contributed by atoms with Gasteiger partial charge in [0.1, 0.15) is 0 Å². The summed E-state index contributed by atoms with van der Waals surface area (Å²) in [6.45, 7) is 1.66. The molecule has 0 spiro atoms. The van der Waals surface area contributed by atoms with Gasteiger partial charge in [-0.2, -0.15) is 0 Å². The molecule has 2 rings (SSSR count). The summed E-state index contributed by atoms with van der Waals surface area (Å²) < 4.78 is 45.0. The van der Waals surface area contributed by atoms with Crippen LogP contribution in [0.5, 0.6) is 0 Å². The predicted octanol–water partition coefficient (Wildman–Crippen LogP) is 2.41. The van der Waals surface area contributed by atoms with E-state index in [1.807, 2.05) is 0 Å². The van der Waals surface area contributed by atoms with E-state index in [-0.39, 0.29) is 14.7 Å². The van der Waals surface area contributed by atoms with Crippen molar-refractivity contribution in [2.75, 3.05) is 0 Å². The highest BCUT2D eigenvalue weighted by Gasteiger charge is 2.19. The number of aryl methyl sites for hydroxylation is 1. The Balaban J connectivity index is 2.60. The number of benzene rings is 2. The topological polar surface area (TPSA) is 71.4 Å². The Morgan fingerprint density at radius 1 is 1.00 bits per heavy atom. The maximum Gasteiger partial charge on any atom is 0.206 e. The minimum Gasteiger partial charge on any atom is -0.302 e. The molecule has 0 radical (unpaired) electrons. The van der Waals surface area contributed by atoms with Crippen LogP contribution < -0.4 is 0 Å². The highest BCUT2D eigenvalue weighted by molar-refractivity contribution is 7.91. The summed E-state index contributed by atoms with van der Waals surface area (Å²) in [7, 11) is -3.66. The summed E-state index contributed by atoms with van der Waals surface area (Å²) in [5, 5.41) is 0. The third-order valence-electron chi connectivity index (χ3n) is 2.71. The monoisotopic (exact) mass is 296 g/mol. The molecule has 0 heterocycles. The first-order valence-corrected chi connectivity index (χ1v) is 8.03. The smallest absolute Gasteiger partial charge is 0.206 e. The second kappa shape index (κ2) is 5.24. The first-order chi connectivity index (χ1) is 8.93. The van der Waals surface area contributed by atoms with Gasteiger partial charge in [0.05, 0.1) is 14.7 Å². The molecular formula is C13H12O4S2. The van der Waals surface area contributed by atoms with Gasteiger partial charge in [0.15, 0.2) is 11.1 Å². The Morgan fingerprint density at radius 3 is 2.21 bits per heavy atom. The number of sulfone groups is 1. The van der Waals surface area contributed by atoms with Gasteiger partial charge in [-0.25, -0.2) is 12.6 Å². The van der Waals surface area contributed by atoms with E-state index in [4.69, 9.17) is 4.55 Å². The van der Waals surface area contributed by atoms with Crippen LogP contribution in [-0.4, -0.2) is 17.2 Å². The Bertz CT molecular complexity index is 722. The molecule has 2 aromatic rings. The van der Waals surface area contributed by atoms with Gasteiger partial charge in [-0.15, -0.1) is 0 Å². The Hall–Kier alpha value is -1.50. The van der Waals surface area contributed by atoms with Crippen LogP contribution in [0.1, 0.15) is 5.56 Å². The van der Waals surface area contributed by atoms with Crippen molar-refractivity contribution < 1.29 is 17.2 Å². The van der Waals surface area contributed by atoms with Gasteiger partial charge >= 0.3 is 0 Å². The van der Waals surface area contributed by atoms with Gasteiger partial charge in [0, 0.05) is 0 Å². The minimum atomic E-state index is -3.66. The number of hydrogen-bond donors (Lipinski definition) is 1. The van der Waals surface area contributed by atoms with E-state index in [1.165, 1.54) is 30.3 Å². The van der Waals surface area contributed by atoms with Crippen molar-refractivity contribution in [3.63, 3.8) is 0 Å². The molecule has 0 aliphatic rings. The first-order valence-electron chi connectivity index (χ1n) is 5.44. The van der Waals surface area contributed by atoms with Gasteiger partial charge in [-0.3, -0.25) is 0 Å². The van der Waals surface area contributed by atoms with E-state index >= 15 is 0 Å². The van der Waals surface area contributed by atoms with Gasteiger partial charge in [-0.05, 0) is 36.8 Å². The molecule has 6 heteroatoms. The summed E-state index contributed by atoms with van der Waals surface area (Å²) in [6.07, 6.45) is 0. The largest absolute Gasteiger partial charge is 0.302 e. The minimum absolute atomic E-state index is 0.0155. The molecule has 19 heavy (non-hydrogen) atoms.